The first-order valence-electron chi connectivity index (χ1n) is 2.77. The van der Waals surface area contributed by atoms with E-state index in [-0.39, 0.29) is 0 Å². The van der Waals surface area contributed by atoms with Crippen LogP contribution in [0.15, 0.2) is 36.6 Å². The second kappa shape index (κ2) is 5.12. The molecule has 0 saturated heterocycles. The van der Waals surface area contributed by atoms with Crippen LogP contribution in [0.5, 0.6) is 0 Å². The fourth-order valence-corrected chi connectivity index (χ4v) is 0.375. The van der Waals surface area contributed by atoms with Crippen LogP contribution in [-0.4, -0.2) is 0 Å². The molecule has 0 aromatic rings. The molecule has 0 heterocycles. The zero-order valence-corrected chi connectivity index (χ0v) is 5.59. The van der Waals surface area contributed by atoms with Crippen molar-refractivity contribution in [1.29, 1.82) is 0 Å². The van der Waals surface area contributed by atoms with E-state index in [0.29, 0.717) is 0 Å². The molecule has 50 valence electrons. The maximum atomic E-state index is 5.10. The number of allylic oxidation sites excluding steroid dienone is 4. The summed E-state index contributed by atoms with van der Waals surface area (Å²) in [6.45, 7) is 5.48. The number of hydrogen-bond acceptors (Lipinski definition) is 2. The molecule has 0 aliphatic carbocycles. The number of nitrogens with two attached hydrogens (primary N) is 1. The third kappa shape index (κ3) is 3.55. The largest absolute Gasteiger partial charge is 0.324 e. The van der Waals surface area contributed by atoms with Gasteiger partial charge in [0.05, 0.1) is 0 Å². The highest BCUT2D eigenvalue weighted by Gasteiger charge is 1.77. The molecule has 0 amide bonds. The van der Waals surface area contributed by atoms with E-state index in [1.54, 1.807) is 6.08 Å². The minimum absolute atomic E-state index is 0.813. The van der Waals surface area contributed by atoms with Crippen LogP contribution in [0.4, 0.5) is 0 Å². The van der Waals surface area contributed by atoms with Gasteiger partial charge >= 0.3 is 0 Å². The smallest absolute Gasteiger partial charge is 0.0479 e. The molecule has 0 unspecified atom stereocenters. The summed E-state index contributed by atoms with van der Waals surface area (Å²) in [5.74, 6) is 5.10. The third-order valence-electron chi connectivity index (χ3n) is 0.855. The summed E-state index contributed by atoms with van der Waals surface area (Å²) in [5.41, 5.74) is 3.29. The Morgan fingerprint density at radius 2 is 2.33 bits per heavy atom. The van der Waals surface area contributed by atoms with Crippen molar-refractivity contribution in [3.63, 3.8) is 0 Å². The molecule has 0 saturated carbocycles. The van der Waals surface area contributed by atoms with E-state index in [1.165, 1.54) is 0 Å². The molecule has 9 heavy (non-hydrogen) atoms. The van der Waals surface area contributed by atoms with Crippen molar-refractivity contribution in [2.75, 3.05) is 0 Å². The molecule has 0 radical (unpaired) electrons. The maximum absolute atomic E-state index is 5.10. The maximum Gasteiger partial charge on any atom is 0.0479 e. The van der Waals surface area contributed by atoms with Crippen LogP contribution >= 0.6 is 0 Å². The summed E-state index contributed by atoms with van der Waals surface area (Å²) in [6.07, 6.45) is 7.30. The van der Waals surface area contributed by atoms with Gasteiger partial charge in [0.25, 0.3) is 0 Å². The fourth-order valence-electron chi connectivity index (χ4n) is 0.375. The fraction of sp³-hybridized carbons (Fsp3) is 0.143. The van der Waals surface area contributed by atoms with E-state index < -0.39 is 0 Å². The lowest BCUT2D eigenvalue weighted by Crippen LogP contribution is -2.19. The van der Waals surface area contributed by atoms with Crippen LogP contribution in [0.3, 0.4) is 0 Å². The molecule has 0 bridgehead atoms. The Balaban J connectivity index is 3.90. The van der Waals surface area contributed by atoms with Gasteiger partial charge in [-0.2, -0.15) is 0 Å². The minimum atomic E-state index is 0.813. The third-order valence-corrected chi connectivity index (χ3v) is 0.855. The Labute approximate surface area is 55.7 Å². The summed E-state index contributed by atoms with van der Waals surface area (Å²) >= 11 is 0. The molecular weight excluding hydrogens is 112 g/mol. The van der Waals surface area contributed by atoms with E-state index >= 15 is 0 Å². The van der Waals surface area contributed by atoms with Crippen LogP contribution in [0, 0.1) is 0 Å². The van der Waals surface area contributed by atoms with Gasteiger partial charge < -0.3 is 5.43 Å². The lowest BCUT2D eigenvalue weighted by atomic mass is 10.4. The number of nitrogens with one attached hydrogen (secondary N) is 1. The lowest BCUT2D eigenvalue weighted by Gasteiger charge is -1.94. The van der Waals surface area contributed by atoms with Gasteiger partial charge in [0.2, 0.25) is 0 Å². The quantitative estimate of drug-likeness (QED) is 0.336. The Bertz CT molecular complexity index is 134. The summed E-state index contributed by atoms with van der Waals surface area (Å²) in [4.78, 5) is 0. The summed E-state index contributed by atoms with van der Waals surface area (Å²) in [6, 6.07) is 0. The van der Waals surface area contributed by atoms with Gasteiger partial charge in [-0.3, -0.25) is 5.84 Å². The Kier molecular flexibility index (Phi) is 4.54. The predicted octanol–water partition coefficient (Wildman–Crippen LogP) is 1.10. The monoisotopic (exact) mass is 124 g/mol. The van der Waals surface area contributed by atoms with Gasteiger partial charge in [0.15, 0.2) is 0 Å². The number of hydrogen-bond donors (Lipinski definition) is 2. The molecule has 0 aromatic carbocycles. The summed E-state index contributed by atoms with van der Waals surface area (Å²) < 4.78 is 0. The highest BCUT2D eigenvalue weighted by molar-refractivity contribution is 5.19. The molecule has 2 nitrogen and oxygen atoms in total. The lowest BCUT2D eigenvalue weighted by molar-refractivity contribution is 0.917. The number of hydrazine groups is 1. The van der Waals surface area contributed by atoms with Gasteiger partial charge in [-0.05, 0) is 19.1 Å². The van der Waals surface area contributed by atoms with Crippen molar-refractivity contribution in [3.05, 3.63) is 36.6 Å². The Morgan fingerprint density at radius 1 is 1.67 bits per heavy atom. The molecular formula is C7H12N2. The van der Waals surface area contributed by atoms with E-state index in [4.69, 9.17) is 5.84 Å². The first-order valence-corrected chi connectivity index (χ1v) is 2.77. The first-order chi connectivity index (χ1) is 4.35. The summed E-state index contributed by atoms with van der Waals surface area (Å²) in [7, 11) is 0. The van der Waals surface area contributed by atoms with Crippen LogP contribution in [0.1, 0.15) is 6.92 Å². The molecule has 0 aliphatic rings. The standard InChI is InChI=1S/C7H12N2/c1-3-5-6-7(4-2)9-8/h3-6,9H,2,8H2,1H3/b5-3-,7-6+. The van der Waals surface area contributed by atoms with E-state index in [2.05, 4.69) is 12.0 Å². The van der Waals surface area contributed by atoms with Crippen molar-refractivity contribution in [3.8, 4) is 0 Å². The van der Waals surface area contributed by atoms with E-state index in [9.17, 15) is 0 Å². The normalized spacial score (nSPS) is 12.0. The molecule has 3 N–H and O–H groups in total. The first kappa shape index (κ1) is 7.98. The Morgan fingerprint density at radius 3 is 2.67 bits per heavy atom. The van der Waals surface area contributed by atoms with Gasteiger partial charge in [-0.1, -0.05) is 18.7 Å². The van der Waals surface area contributed by atoms with Crippen molar-refractivity contribution >= 4 is 0 Å². The number of rotatable bonds is 3. The molecule has 0 aromatic heterocycles. The molecule has 0 aliphatic heterocycles. The SMILES string of the molecule is C=C/C(=C\C=C/C)NN. The average molecular weight is 124 g/mol. The molecule has 0 fully saturated rings. The van der Waals surface area contributed by atoms with Crippen molar-refractivity contribution in [1.82, 2.24) is 5.43 Å². The van der Waals surface area contributed by atoms with E-state index in [0.717, 1.165) is 5.70 Å². The molecule has 0 spiro atoms. The average Bonchev–Trinajstić information content (AvgIpc) is 1.91. The van der Waals surface area contributed by atoms with Gasteiger partial charge in [-0.25, -0.2) is 0 Å². The van der Waals surface area contributed by atoms with Crippen molar-refractivity contribution in [2.45, 2.75) is 6.92 Å². The minimum Gasteiger partial charge on any atom is -0.324 e. The molecule has 0 atom stereocenters. The second-order valence-corrected chi connectivity index (χ2v) is 1.50. The topological polar surface area (TPSA) is 38.0 Å². The van der Waals surface area contributed by atoms with Crippen molar-refractivity contribution in [2.24, 2.45) is 5.84 Å². The Hall–Kier alpha value is -1.02. The zero-order chi connectivity index (χ0) is 7.11. The second-order valence-electron chi connectivity index (χ2n) is 1.50. The van der Waals surface area contributed by atoms with Gasteiger partial charge in [-0.15, -0.1) is 0 Å². The van der Waals surface area contributed by atoms with Crippen LogP contribution in [0.2, 0.25) is 0 Å². The summed E-state index contributed by atoms with van der Waals surface area (Å²) in [5, 5.41) is 0. The van der Waals surface area contributed by atoms with Crippen LogP contribution < -0.4 is 11.3 Å². The van der Waals surface area contributed by atoms with Crippen molar-refractivity contribution < 1.29 is 0 Å². The van der Waals surface area contributed by atoms with Gasteiger partial charge in [0, 0.05) is 5.70 Å². The highest BCUT2D eigenvalue weighted by Crippen LogP contribution is 1.86. The highest BCUT2D eigenvalue weighted by atomic mass is 15.2. The molecule has 0 rings (SSSR count). The van der Waals surface area contributed by atoms with Crippen LogP contribution in [0.25, 0.3) is 0 Å². The molecule has 2 heteroatoms. The predicted molar refractivity (Wildman–Crippen MR) is 40.4 cm³/mol. The van der Waals surface area contributed by atoms with Crippen LogP contribution in [-0.2, 0) is 0 Å². The zero-order valence-electron chi connectivity index (χ0n) is 5.59. The van der Waals surface area contributed by atoms with E-state index in [1.807, 2.05) is 25.2 Å². The van der Waals surface area contributed by atoms with Gasteiger partial charge in [0.1, 0.15) is 0 Å².